The number of hydrogen-bond acceptors (Lipinski definition) is 4. The first-order valence-corrected chi connectivity index (χ1v) is 17.1. The standard InChI is InChI=1S/C46H34N3O2.Pt/c1-46(2,3)32-23-24-39(36(26-32)29-13-5-4-6-14-29)49-40-20-12-19-33(44(40)48-45(49)35-18-7-9-21-41(35)50)30-15-11-16-31(25-30)38-27-43-37(28-47-38)34-17-8-10-22-42(34)51-43;/h4-24,26-28,50H,1-3H3;/q-1;. The van der Waals surface area contributed by atoms with Gasteiger partial charge in [-0.2, -0.15) is 0 Å². The second-order valence-electron chi connectivity index (χ2n) is 14.0. The number of fused-ring (bicyclic) bond motifs is 4. The van der Waals surface area contributed by atoms with Crippen LogP contribution < -0.4 is 0 Å². The first kappa shape index (κ1) is 33.4. The molecular weight excluding hydrogens is 822 g/mol. The summed E-state index contributed by atoms with van der Waals surface area (Å²) in [6.07, 6.45) is 1.88. The van der Waals surface area contributed by atoms with E-state index in [9.17, 15) is 5.11 Å². The summed E-state index contributed by atoms with van der Waals surface area (Å²) < 4.78 is 8.36. The Kier molecular flexibility index (Phi) is 8.40. The van der Waals surface area contributed by atoms with E-state index in [1.165, 1.54) is 5.56 Å². The Balaban J connectivity index is 0.00000387. The van der Waals surface area contributed by atoms with Crippen molar-refractivity contribution in [2.75, 3.05) is 0 Å². The molecule has 0 spiro atoms. The van der Waals surface area contributed by atoms with Gasteiger partial charge in [-0.1, -0.05) is 111 Å². The van der Waals surface area contributed by atoms with Crippen LogP contribution in [0.2, 0.25) is 0 Å². The summed E-state index contributed by atoms with van der Waals surface area (Å²) in [6, 6.07) is 50.6. The number of aromatic nitrogens is 3. The van der Waals surface area contributed by atoms with Gasteiger partial charge in [0.05, 0.1) is 22.3 Å². The van der Waals surface area contributed by atoms with Gasteiger partial charge in [0.15, 0.2) is 0 Å². The van der Waals surface area contributed by atoms with Gasteiger partial charge in [-0.25, -0.2) is 4.98 Å². The summed E-state index contributed by atoms with van der Waals surface area (Å²) in [6.45, 7) is 6.70. The van der Waals surface area contributed by atoms with Gasteiger partial charge in [0.2, 0.25) is 0 Å². The van der Waals surface area contributed by atoms with Crippen molar-refractivity contribution in [2.24, 2.45) is 0 Å². The van der Waals surface area contributed by atoms with Crippen LogP contribution in [0.3, 0.4) is 0 Å². The van der Waals surface area contributed by atoms with E-state index in [0.717, 1.165) is 72.2 Å². The minimum absolute atomic E-state index is 0. The number of phenols is 1. The molecule has 0 unspecified atom stereocenters. The molecule has 9 rings (SSSR count). The fraction of sp³-hybridized carbons (Fsp3) is 0.0870. The molecule has 0 radical (unpaired) electrons. The van der Waals surface area contributed by atoms with Crippen LogP contribution in [0.4, 0.5) is 0 Å². The van der Waals surface area contributed by atoms with E-state index in [1.54, 1.807) is 6.07 Å². The van der Waals surface area contributed by atoms with Crippen LogP contribution in [0.1, 0.15) is 26.3 Å². The Bertz CT molecular complexity index is 2760. The van der Waals surface area contributed by atoms with Crippen molar-refractivity contribution < 1.29 is 30.6 Å². The first-order chi connectivity index (χ1) is 24.8. The maximum Gasteiger partial charge on any atom is 0.148 e. The van der Waals surface area contributed by atoms with Crippen LogP contribution in [-0.2, 0) is 26.5 Å². The van der Waals surface area contributed by atoms with Crippen LogP contribution in [0.5, 0.6) is 5.75 Å². The van der Waals surface area contributed by atoms with Crippen molar-refractivity contribution in [3.05, 3.63) is 157 Å². The Hall–Kier alpha value is -5.77. The van der Waals surface area contributed by atoms with Crippen molar-refractivity contribution in [3.8, 4) is 56.3 Å². The number of phenolic OH excluding ortho intramolecular Hbond substituents is 1. The van der Waals surface area contributed by atoms with Gasteiger partial charge in [0.1, 0.15) is 22.7 Å². The third-order valence-corrected chi connectivity index (χ3v) is 9.64. The average molecular weight is 856 g/mol. The third kappa shape index (κ3) is 5.72. The number of imidazole rings is 1. The molecule has 0 fully saturated rings. The molecule has 0 saturated carbocycles. The normalized spacial score (nSPS) is 11.7. The van der Waals surface area contributed by atoms with Crippen LogP contribution >= 0.6 is 0 Å². The minimum atomic E-state index is -0.0442. The molecule has 0 aliphatic heterocycles. The Morgan fingerprint density at radius 1 is 0.654 bits per heavy atom. The van der Waals surface area contributed by atoms with Crippen LogP contribution in [0, 0.1) is 6.07 Å². The van der Waals surface area contributed by atoms with Gasteiger partial charge in [-0.05, 0) is 59.0 Å². The van der Waals surface area contributed by atoms with Crippen molar-refractivity contribution >= 4 is 33.0 Å². The zero-order chi connectivity index (χ0) is 34.7. The molecule has 0 bridgehead atoms. The molecule has 3 aromatic heterocycles. The van der Waals surface area contributed by atoms with Gasteiger partial charge in [0, 0.05) is 49.3 Å². The number of hydrogen-bond donors (Lipinski definition) is 1. The van der Waals surface area contributed by atoms with E-state index in [4.69, 9.17) is 14.4 Å². The smallest absolute Gasteiger partial charge is 0.148 e. The topological polar surface area (TPSA) is 64.1 Å². The fourth-order valence-corrected chi connectivity index (χ4v) is 6.99. The van der Waals surface area contributed by atoms with Gasteiger partial charge >= 0.3 is 0 Å². The third-order valence-electron chi connectivity index (χ3n) is 9.64. The average Bonchev–Trinajstić information content (AvgIpc) is 3.73. The second-order valence-corrected chi connectivity index (χ2v) is 14.0. The van der Waals surface area contributed by atoms with Gasteiger partial charge in [0.25, 0.3) is 0 Å². The molecule has 0 aliphatic carbocycles. The van der Waals surface area contributed by atoms with Crippen molar-refractivity contribution in [1.82, 2.24) is 14.5 Å². The monoisotopic (exact) mass is 855 g/mol. The molecule has 0 atom stereocenters. The summed E-state index contributed by atoms with van der Waals surface area (Å²) in [5, 5.41) is 13.2. The summed E-state index contributed by atoms with van der Waals surface area (Å²) in [7, 11) is 0. The van der Waals surface area contributed by atoms with E-state index in [2.05, 4.69) is 104 Å². The number of benzene rings is 6. The van der Waals surface area contributed by atoms with Crippen LogP contribution in [-0.4, -0.2) is 19.6 Å². The van der Waals surface area contributed by atoms with E-state index in [1.807, 2.05) is 66.9 Å². The molecule has 52 heavy (non-hydrogen) atoms. The van der Waals surface area contributed by atoms with Crippen molar-refractivity contribution in [1.29, 1.82) is 0 Å². The molecule has 5 nitrogen and oxygen atoms in total. The number of nitrogens with zero attached hydrogens (tertiary/aromatic N) is 3. The molecule has 0 aliphatic rings. The van der Waals surface area contributed by atoms with Crippen LogP contribution in [0.25, 0.3) is 83.6 Å². The van der Waals surface area contributed by atoms with Gasteiger partial charge in [-0.3, -0.25) is 9.55 Å². The SMILES string of the molecule is CC(C)(C)c1ccc(-n2c(-c3ccccc3O)nc3c(-c4[c-]c(-c5cc6oc7ccccc7c6cn5)ccc4)cccc32)c(-c2ccccc2)c1.[Pt]. The molecule has 9 aromatic rings. The largest absolute Gasteiger partial charge is 0.507 e. The van der Waals surface area contributed by atoms with E-state index < -0.39 is 0 Å². The molecule has 0 saturated heterocycles. The summed E-state index contributed by atoms with van der Waals surface area (Å²) in [5.41, 5.74) is 11.8. The molecule has 0 amide bonds. The first-order valence-electron chi connectivity index (χ1n) is 17.1. The fourth-order valence-electron chi connectivity index (χ4n) is 6.99. The van der Waals surface area contributed by atoms with Gasteiger partial charge in [-0.15, -0.1) is 29.8 Å². The molecular formula is C46H34N3O2Pt-. The van der Waals surface area contributed by atoms with Crippen molar-refractivity contribution in [3.63, 3.8) is 0 Å². The molecule has 256 valence electrons. The molecule has 6 aromatic carbocycles. The zero-order valence-corrected chi connectivity index (χ0v) is 31.1. The quantitative estimate of drug-likeness (QED) is 0.175. The Labute approximate surface area is 316 Å². The van der Waals surface area contributed by atoms with Crippen molar-refractivity contribution in [2.45, 2.75) is 26.2 Å². The zero-order valence-electron chi connectivity index (χ0n) is 28.9. The van der Waals surface area contributed by atoms with Crippen LogP contribution in [0.15, 0.2) is 150 Å². The number of pyridine rings is 1. The number of furan rings is 1. The van der Waals surface area contributed by atoms with E-state index in [-0.39, 0.29) is 32.2 Å². The predicted molar refractivity (Wildman–Crippen MR) is 207 cm³/mol. The summed E-state index contributed by atoms with van der Waals surface area (Å²) in [5.74, 6) is 0.827. The van der Waals surface area contributed by atoms with Gasteiger partial charge < -0.3 is 9.52 Å². The Morgan fingerprint density at radius 2 is 1.38 bits per heavy atom. The maximum atomic E-state index is 11.2. The maximum absolute atomic E-state index is 11.2. The molecule has 3 heterocycles. The minimum Gasteiger partial charge on any atom is -0.507 e. The summed E-state index contributed by atoms with van der Waals surface area (Å²) in [4.78, 5) is 10.2. The van der Waals surface area contributed by atoms with E-state index >= 15 is 0 Å². The second kappa shape index (κ2) is 13.1. The van der Waals surface area contributed by atoms with E-state index in [0.29, 0.717) is 11.4 Å². The molecule has 6 heteroatoms. The number of rotatable bonds is 5. The summed E-state index contributed by atoms with van der Waals surface area (Å²) >= 11 is 0. The predicted octanol–water partition coefficient (Wildman–Crippen LogP) is 11.8. The number of aromatic hydroxyl groups is 1. The molecule has 1 N–H and O–H groups in total. The number of para-hydroxylation sites is 3. The Morgan fingerprint density at radius 3 is 2.21 bits per heavy atom.